The molecular weight excluding hydrogens is 466 g/mol. The Hall–Kier alpha value is -3.43. The van der Waals surface area contributed by atoms with Crippen LogP contribution in [0.5, 0.6) is 0 Å². The van der Waals surface area contributed by atoms with Gasteiger partial charge in [-0.05, 0) is 51.0 Å². The number of ether oxygens (including phenoxy) is 1. The second-order valence-electron chi connectivity index (χ2n) is 8.56. The van der Waals surface area contributed by atoms with Gasteiger partial charge in [0.15, 0.2) is 0 Å². The highest BCUT2D eigenvalue weighted by molar-refractivity contribution is 7.89. The quantitative estimate of drug-likeness (QED) is 0.531. The number of hydrogen-bond donors (Lipinski definition) is 2. The van der Waals surface area contributed by atoms with E-state index in [1.165, 1.54) is 0 Å². The molecule has 0 bridgehead atoms. The average molecular weight is 496 g/mol. The van der Waals surface area contributed by atoms with Crippen LogP contribution in [0.1, 0.15) is 35.7 Å². The Labute approximate surface area is 205 Å². The second-order valence-corrected chi connectivity index (χ2v) is 10.2. The van der Waals surface area contributed by atoms with Crippen molar-refractivity contribution in [1.82, 2.24) is 9.62 Å². The van der Waals surface area contributed by atoms with Crippen molar-refractivity contribution in [3.8, 4) is 0 Å². The van der Waals surface area contributed by atoms with Crippen LogP contribution in [-0.2, 0) is 14.8 Å². The lowest BCUT2D eigenvalue weighted by Gasteiger charge is -2.31. The highest BCUT2D eigenvalue weighted by atomic mass is 32.2. The van der Waals surface area contributed by atoms with Crippen LogP contribution >= 0.6 is 0 Å². The smallest absolute Gasteiger partial charge is 0.409 e. The maximum Gasteiger partial charge on any atom is 0.409 e. The summed E-state index contributed by atoms with van der Waals surface area (Å²) in [6, 6.07) is 17.2. The first-order valence-electron chi connectivity index (χ1n) is 11.6. The number of anilines is 1. The van der Waals surface area contributed by atoms with Crippen LogP contribution in [0.3, 0.4) is 0 Å². The van der Waals surface area contributed by atoms with Crippen molar-refractivity contribution in [1.29, 1.82) is 0 Å². The maximum atomic E-state index is 13.3. The first kappa shape index (κ1) is 24.7. The zero-order chi connectivity index (χ0) is 25.0. The predicted molar refractivity (Wildman–Crippen MR) is 135 cm³/mol. The summed E-state index contributed by atoms with van der Waals surface area (Å²) in [5.74, 6) is -0.263. The van der Waals surface area contributed by atoms with Gasteiger partial charge in [0, 0.05) is 41.2 Å². The molecule has 1 aliphatic heterocycles. The fourth-order valence-corrected chi connectivity index (χ4v) is 5.81. The third-order valence-corrected chi connectivity index (χ3v) is 7.62. The highest BCUT2D eigenvalue weighted by Crippen LogP contribution is 2.30. The SMILES string of the molecule is CCOC(=O)N1CCC(NS(=O)(=O)c2cccc3c(NC(=O)c4cccc(C)c4)cccc23)CC1. The van der Waals surface area contributed by atoms with Gasteiger partial charge in [0.25, 0.3) is 5.91 Å². The fraction of sp³-hybridized carbons (Fsp3) is 0.308. The minimum absolute atomic E-state index is 0.148. The molecule has 184 valence electrons. The highest BCUT2D eigenvalue weighted by Gasteiger charge is 2.28. The largest absolute Gasteiger partial charge is 0.450 e. The minimum atomic E-state index is -3.83. The molecule has 8 nitrogen and oxygen atoms in total. The molecule has 1 saturated heterocycles. The van der Waals surface area contributed by atoms with Crippen molar-refractivity contribution in [2.75, 3.05) is 25.0 Å². The number of rotatable bonds is 6. The zero-order valence-electron chi connectivity index (χ0n) is 19.8. The molecule has 0 saturated carbocycles. The van der Waals surface area contributed by atoms with Gasteiger partial charge in [-0.2, -0.15) is 0 Å². The molecule has 0 aromatic heterocycles. The molecule has 4 rings (SSSR count). The van der Waals surface area contributed by atoms with E-state index in [1.807, 2.05) is 19.1 Å². The van der Waals surface area contributed by atoms with Crippen molar-refractivity contribution < 1.29 is 22.7 Å². The molecule has 1 fully saturated rings. The van der Waals surface area contributed by atoms with Crippen LogP contribution < -0.4 is 10.0 Å². The summed E-state index contributed by atoms with van der Waals surface area (Å²) in [6.45, 7) is 4.83. The first-order chi connectivity index (χ1) is 16.8. The number of piperidine rings is 1. The van der Waals surface area contributed by atoms with Crippen LogP contribution in [0, 0.1) is 6.92 Å². The Kier molecular flexibility index (Phi) is 7.37. The van der Waals surface area contributed by atoms with E-state index in [2.05, 4.69) is 10.0 Å². The number of benzene rings is 3. The van der Waals surface area contributed by atoms with Gasteiger partial charge < -0.3 is 15.0 Å². The molecule has 3 aromatic carbocycles. The normalized spacial score (nSPS) is 14.6. The van der Waals surface area contributed by atoms with Gasteiger partial charge >= 0.3 is 6.09 Å². The van der Waals surface area contributed by atoms with Gasteiger partial charge in [-0.3, -0.25) is 4.79 Å². The van der Waals surface area contributed by atoms with Gasteiger partial charge in [0.1, 0.15) is 0 Å². The Morgan fingerprint density at radius 3 is 2.40 bits per heavy atom. The molecule has 0 unspecified atom stereocenters. The lowest BCUT2D eigenvalue weighted by Crippen LogP contribution is -2.46. The molecule has 1 aliphatic rings. The molecule has 0 aliphatic carbocycles. The Morgan fingerprint density at radius 1 is 1.00 bits per heavy atom. The van der Waals surface area contributed by atoms with E-state index in [9.17, 15) is 18.0 Å². The molecule has 1 heterocycles. The third-order valence-electron chi connectivity index (χ3n) is 6.04. The van der Waals surface area contributed by atoms with Crippen LogP contribution in [0.25, 0.3) is 10.8 Å². The lowest BCUT2D eigenvalue weighted by molar-refractivity contribution is 0.0964. The van der Waals surface area contributed by atoms with E-state index < -0.39 is 10.0 Å². The van der Waals surface area contributed by atoms with Crippen LogP contribution in [0.15, 0.2) is 65.6 Å². The van der Waals surface area contributed by atoms with E-state index in [0.717, 1.165) is 5.56 Å². The summed E-state index contributed by atoms with van der Waals surface area (Å²) in [5.41, 5.74) is 2.04. The van der Waals surface area contributed by atoms with Gasteiger partial charge in [-0.25, -0.2) is 17.9 Å². The molecule has 3 aromatic rings. The molecule has 35 heavy (non-hydrogen) atoms. The Balaban J connectivity index is 1.54. The fourth-order valence-electron chi connectivity index (χ4n) is 4.28. The van der Waals surface area contributed by atoms with Crippen LogP contribution in [-0.4, -0.2) is 51.1 Å². The molecule has 2 amide bonds. The van der Waals surface area contributed by atoms with Gasteiger partial charge in [0.2, 0.25) is 10.0 Å². The number of likely N-dealkylation sites (tertiary alicyclic amines) is 1. The number of nitrogens with zero attached hydrogens (tertiary/aromatic N) is 1. The first-order valence-corrected chi connectivity index (χ1v) is 13.1. The summed E-state index contributed by atoms with van der Waals surface area (Å²) in [4.78, 5) is 26.4. The zero-order valence-corrected chi connectivity index (χ0v) is 20.6. The predicted octanol–water partition coefficient (Wildman–Crippen LogP) is 4.30. The van der Waals surface area contributed by atoms with Gasteiger partial charge in [-0.15, -0.1) is 0 Å². The molecule has 2 N–H and O–H groups in total. The number of carbonyl (C=O) groups excluding carboxylic acids is 2. The monoisotopic (exact) mass is 495 g/mol. The average Bonchev–Trinajstić information content (AvgIpc) is 2.84. The van der Waals surface area contributed by atoms with Crippen LogP contribution in [0.2, 0.25) is 0 Å². The Morgan fingerprint density at radius 2 is 1.69 bits per heavy atom. The number of fused-ring (bicyclic) bond motifs is 1. The maximum absolute atomic E-state index is 13.3. The summed E-state index contributed by atoms with van der Waals surface area (Å²) >= 11 is 0. The van der Waals surface area contributed by atoms with E-state index in [1.54, 1.807) is 60.4 Å². The van der Waals surface area contributed by atoms with Crippen LogP contribution in [0.4, 0.5) is 10.5 Å². The van der Waals surface area contributed by atoms with Crippen molar-refractivity contribution >= 4 is 38.5 Å². The van der Waals surface area contributed by atoms with Crippen molar-refractivity contribution in [2.24, 2.45) is 0 Å². The minimum Gasteiger partial charge on any atom is -0.450 e. The summed E-state index contributed by atoms with van der Waals surface area (Å²) < 4.78 is 34.5. The lowest BCUT2D eigenvalue weighted by atomic mass is 10.1. The second kappa shape index (κ2) is 10.5. The summed E-state index contributed by atoms with van der Waals surface area (Å²) in [7, 11) is -3.83. The van der Waals surface area contributed by atoms with E-state index in [0.29, 0.717) is 54.6 Å². The molecule has 0 spiro atoms. The number of hydrogen-bond acceptors (Lipinski definition) is 5. The van der Waals surface area contributed by atoms with E-state index >= 15 is 0 Å². The van der Waals surface area contributed by atoms with E-state index in [-0.39, 0.29) is 22.9 Å². The van der Waals surface area contributed by atoms with Crippen molar-refractivity contribution in [3.05, 3.63) is 71.8 Å². The van der Waals surface area contributed by atoms with Gasteiger partial charge in [0.05, 0.1) is 11.5 Å². The van der Waals surface area contributed by atoms with Gasteiger partial charge in [-0.1, -0.05) is 42.0 Å². The summed E-state index contributed by atoms with van der Waals surface area (Å²) in [5, 5.41) is 4.06. The standard InChI is InChI=1S/C26H29N3O5S/c1-3-34-26(31)29-15-13-20(14-16-29)28-35(32,33)24-12-6-9-21-22(24)10-5-11-23(21)27-25(30)19-8-4-7-18(2)17-19/h4-12,17,20,28H,3,13-16H2,1-2H3,(H,27,30). The summed E-state index contributed by atoms with van der Waals surface area (Å²) in [6.07, 6.45) is 0.629. The molecule has 0 radical (unpaired) electrons. The van der Waals surface area contributed by atoms with E-state index in [4.69, 9.17) is 4.74 Å². The Bertz CT molecular complexity index is 1350. The molecular formula is C26H29N3O5S. The number of amides is 2. The third kappa shape index (κ3) is 5.63. The molecule has 0 atom stereocenters. The topological polar surface area (TPSA) is 105 Å². The number of nitrogens with one attached hydrogen (secondary N) is 2. The number of aryl methyl sites for hydroxylation is 1. The van der Waals surface area contributed by atoms with Crippen molar-refractivity contribution in [3.63, 3.8) is 0 Å². The molecule has 9 heteroatoms. The number of sulfonamides is 1. The van der Waals surface area contributed by atoms with Crippen molar-refractivity contribution in [2.45, 2.75) is 37.6 Å². The number of carbonyl (C=O) groups is 2.